The number of aromatic nitrogens is 2. The highest BCUT2D eigenvalue weighted by molar-refractivity contribution is 7.99. The average Bonchev–Trinajstić information content (AvgIpc) is 2.99. The number of carbonyl (C=O) groups excluding carboxylic acids is 1. The molecule has 1 heterocycles. The zero-order valence-electron chi connectivity index (χ0n) is 16.3. The summed E-state index contributed by atoms with van der Waals surface area (Å²) in [6.45, 7) is 5.36. The van der Waals surface area contributed by atoms with Gasteiger partial charge in [-0.1, -0.05) is 30.0 Å². The van der Waals surface area contributed by atoms with E-state index < -0.39 is 0 Å². The molecule has 0 saturated carbocycles. The van der Waals surface area contributed by atoms with Crippen LogP contribution in [-0.4, -0.2) is 34.8 Å². The number of nitrogens with zero attached hydrogens (tertiary/aromatic N) is 2. The molecule has 0 aliphatic heterocycles. The molecule has 0 N–H and O–H groups in total. The predicted molar refractivity (Wildman–Crippen MR) is 112 cm³/mol. The summed E-state index contributed by atoms with van der Waals surface area (Å²) < 4.78 is 13.1. The molecule has 0 aliphatic carbocycles. The first-order chi connectivity index (χ1) is 13.6. The number of para-hydroxylation sites is 1. The van der Waals surface area contributed by atoms with Crippen molar-refractivity contribution in [1.82, 2.24) is 9.55 Å². The molecule has 3 rings (SSSR count). The Morgan fingerprint density at radius 3 is 2.39 bits per heavy atom. The molecule has 1 aromatic heterocycles. The molecule has 146 valence electrons. The maximum Gasteiger partial charge on any atom is 0.173 e. The molecule has 0 atom stereocenters. The van der Waals surface area contributed by atoms with Gasteiger partial charge in [0, 0.05) is 24.9 Å². The normalized spacial score (nSPS) is 10.8. The average molecular weight is 397 g/mol. The number of Topliss-reactive ketones (excluding diaryl/α,β-unsaturated/α-hetero) is 1. The van der Waals surface area contributed by atoms with E-state index in [1.165, 1.54) is 11.8 Å². The molecular weight excluding hydrogens is 372 g/mol. The molecule has 6 heteroatoms. The van der Waals surface area contributed by atoms with Crippen molar-refractivity contribution in [3.05, 3.63) is 71.5 Å². The van der Waals surface area contributed by atoms with Crippen LogP contribution in [0.2, 0.25) is 0 Å². The number of ketones is 1. The van der Waals surface area contributed by atoms with Crippen molar-refractivity contribution in [2.45, 2.75) is 25.5 Å². The first-order valence-corrected chi connectivity index (χ1v) is 10.1. The van der Waals surface area contributed by atoms with Crippen molar-refractivity contribution in [3.63, 3.8) is 0 Å². The highest BCUT2D eigenvalue weighted by Gasteiger charge is 2.14. The van der Waals surface area contributed by atoms with Gasteiger partial charge < -0.3 is 14.0 Å². The quantitative estimate of drug-likeness (QED) is 0.380. The Bertz CT molecular complexity index is 921. The fourth-order valence-corrected chi connectivity index (χ4v) is 3.74. The molecule has 2 aromatic carbocycles. The van der Waals surface area contributed by atoms with Crippen molar-refractivity contribution >= 4 is 17.5 Å². The molecule has 0 amide bonds. The van der Waals surface area contributed by atoms with E-state index in [0.29, 0.717) is 23.7 Å². The van der Waals surface area contributed by atoms with Gasteiger partial charge in [0.2, 0.25) is 0 Å². The lowest BCUT2D eigenvalue weighted by Gasteiger charge is -2.09. The highest BCUT2D eigenvalue weighted by atomic mass is 32.2. The summed E-state index contributed by atoms with van der Waals surface area (Å²) in [5, 5.41) is 0.851. The Kier molecular flexibility index (Phi) is 6.90. The third-order valence-electron chi connectivity index (χ3n) is 4.43. The van der Waals surface area contributed by atoms with Crippen LogP contribution in [0, 0.1) is 13.8 Å². The minimum Gasteiger partial charge on any atom is -0.457 e. The summed E-state index contributed by atoms with van der Waals surface area (Å²) in [7, 11) is 1.68. The lowest BCUT2D eigenvalue weighted by molar-refractivity contribution is 0.102. The summed E-state index contributed by atoms with van der Waals surface area (Å²) in [6, 6.07) is 16.8. The van der Waals surface area contributed by atoms with Crippen LogP contribution in [0.4, 0.5) is 0 Å². The van der Waals surface area contributed by atoms with Gasteiger partial charge in [0.1, 0.15) is 11.5 Å². The van der Waals surface area contributed by atoms with Gasteiger partial charge in [-0.25, -0.2) is 4.98 Å². The van der Waals surface area contributed by atoms with Gasteiger partial charge in [-0.05, 0) is 50.2 Å². The van der Waals surface area contributed by atoms with Crippen LogP contribution in [0.3, 0.4) is 0 Å². The van der Waals surface area contributed by atoms with Crippen LogP contribution in [-0.2, 0) is 11.3 Å². The molecular formula is C22H24N2O3S. The highest BCUT2D eigenvalue weighted by Crippen LogP contribution is 2.24. The van der Waals surface area contributed by atoms with Gasteiger partial charge in [-0.3, -0.25) is 4.79 Å². The number of thioether (sulfide) groups is 1. The molecule has 3 aromatic rings. The third kappa shape index (κ3) is 5.03. The number of imidazole rings is 1. The summed E-state index contributed by atoms with van der Waals surface area (Å²) >= 11 is 1.46. The Hall–Kier alpha value is -2.57. The second kappa shape index (κ2) is 9.57. The Morgan fingerprint density at radius 2 is 1.71 bits per heavy atom. The van der Waals surface area contributed by atoms with Crippen LogP contribution in [0.15, 0.2) is 59.8 Å². The lowest BCUT2D eigenvalue weighted by Crippen LogP contribution is -2.09. The second-order valence-corrected chi connectivity index (χ2v) is 7.30. The van der Waals surface area contributed by atoms with Gasteiger partial charge in [-0.15, -0.1) is 0 Å². The summed E-state index contributed by atoms with van der Waals surface area (Å²) in [5.74, 6) is 1.87. The molecule has 0 bridgehead atoms. The monoisotopic (exact) mass is 396 g/mol. The molecule has 0 radical (unpaired) electrons. The first kappa shape index (κ1) is 20.2. The van der Waals surface area contributed by atoms with Crippen molar-refractivity contribution in [1.29, 1.82) is 0 Å². The molecule has 28 heavy (non-hydrogen) atoms. The van der Waals surface area contributed by atoms with Crippen LogP contribution in [0.5, 0.6) is 11.5 Å². The van der Waals surface area contributed by atoms with E-state index in [9.17, 15) is 4.79 Å². The fraction of sp³-hybridized carbons (Fsp3) is 0.273. The molecule has 0 unspecified atom stereocenters. The van der Waals surface area contributed by atoms with E-state index in [-0.39, 0.29) is 5.78 Å². The molecule has 0 spiro atoms. The Balaban J connectivity index is 1.61. The zero-order chi connectivity index (χ0) is 19.9. The summed E-state index contributed by atoms with van der Waals surface area (Å²) in [6.07, 6.45) is 0. The number of hydrogen-bond donors (Lipinski definition) is 0. The standard InChI is InChI=1S/C22H24N2O3S/c1-16-17(2)24(13-14-26-3)22(23-16)28-15-21(25)18-9-11-20(12-10-18)27-19-7-5-4-6-8-19/h4-12H,13-15H2,1-3H3. The van der Waals surface area contributed by atoms with Gasteiger partial charge in [0.05, 0.1) is 18.1 Å². The minimum atomic E-state index is 0.0628. The SMILES string of the molecule is COCCn1c(SCC(=O)c2ccc(Oc3ccccc3)cc2)nc(C)c1C. The maximum atomic E-state index is 12.6. The molecule has 5 nitrogen and oxygen atoms in total. The van der Waals surface area contributed by atoms with Crippen LogP contribution >= 0.6 is 11.8 Å². The van der Waals surface area contributed by atoms with Gasteiger partial charge in [0.15, 0.2) is 10.9 Å². The van der Waals surface area contributed by atoms with E-state index in [2.05, 4.69) is 9.55 Å². The number of methoxy groups -OCH3 is 1. The minimum absolute atomic E-state index is 0.0628. The van der Waals surface area contributed by atoms with Gasteiger partial charge in [-0.2, -0.15) is 0 Å². The second-order valence-electron chi connectivity index (χ2n) is 6.36. The number of ether oxygens (including phenoxy) is 2. The van der Waals surface area contributed by atoms with E-state index in [4.69, 9.17) is 9.47 Å². The van der Waals surface area contributed by atoms with Crippen LogP contribution in [0.25, 0.3) is 0 Å². The Morgan fingerprint density at radius 1 is 1.04 bits per heavy atom. The number of hydrogen-bond acceptors (Lipinski definition) is 5. The topological polar surface area (TPSA) is 53.4 Å². The van der Waals surface area contributed by atoms with Gasteiger partial charge >= 0.3 is 0 Å². The summed E-state index contributed by atoms with van der Waals surface area (Å²) in [4.78, 5) is 17.2. The van der Waals surface area contributed by atoms with Crippen molar-refractivity contribution < 1.29 is 14.3 Å². The van der Waals surface area contributed by atoms with Crippen molar-refractivity contribution in [2.75, 3.05) is 19.5 Å². The zero-order valence-corrected chi connectivity index (χ0v) is 17.2. The fourth-order valence-electron chi connectivity index (χ4n) is 2.73. The smallest absolute Gasteiger partial charge is 0.173 e. The van der Waals surface area contributed by atoms with E-state index >= 15 is 0 Å². The largest absolute Gasteiger partial charge is 0.457 e. The van der Waals surface area contributed by atoms with E-state index in [1.54, 1.807) is 19.2 Å². The third-order valence-corrected chi connectivity index (χ3v) is 5.41. The molecule has 0 aliphatic rings. The van der Waals surface area contributed by atoms with Crippen molar-refractivity contribution in [3.8, 4) is 11.5 Å². The molecule has 0 fully saturated rings. The molecule has 0 saturated heterocycles. The number of rotatable bonds is 9. The number of carbonyl (C=O) groups is 1. The van der Waals surface area contributed by atoms with Crippen molar-refractivity contribution in [2.24, 2.45) is 0 Å². The van der Waals surface area contributed by atoms with E-state index in [0.717, 1.165) is 28.8 Å². The van der Waals surface area contributed by atoms with Gasteiger partial charge in [0.25, 0.3) is 0 Å². The van der Waals surface area contributed by atoms with Crippen LogP contribution < -0.4 is 4.74 Å². The lowest BCUT2D eigenvalue weighted by atomic mass is 10.1. The Labute approximate surface area is 169 Å². The number of benzene rings is 2. The van der Waals surface area contributed by atoms with E-state index in [1.807, 2.05) is 56.3 Å². The number of aryl methyl sites for hydroxylation is 1. The predicted octanol–water partition coefficient (Wildman–Crippen LogP) is 4.91. The first-order valence-electron chi connectivity index (χ1n) is 9.10. The maximum absolute atomic E-state index is 12.6. The van der Waals surface area contributed by atoms with Crippen LogP contribution in [0.1, 0.15) is 21.7 Å². The summed E-state index contributed by atoms with van der Waals surface area (Å²) in [5.41, 5.74) is 2.75.